The number of nitrogens with one attached hydrogen (secondary N) is 1. The van der Waals surface area contributed by atoms with E-state index in [1.165, 1.54) is 0 Å². The van der Waals surface area contributed by atoms with Gasteiger partial charge in [0.15, 0.2) is 0 Å². The number of carbonyl (C=O) groups is 2. The molecule has 2 aliphatic rings. The molecule has 0 bridgehead atoms. The minimum absolute atomic E-state index is 0.000377. The van der Waals surface area contributed by atoms with Crippen LogP contribution in [-0.4, -0.2) is 83.4 Å². The molecule has 3 heterocycles. The summed E-state index contributed by atoms with van der Waals surface area (Å²) >= 11 is 0. The highest BCUT2D eigenvalue weighted by atomic mass is 16.5. The average Bonchev–Trinajstić information content (AvgIpc) is 3.10. The Balaban J connectivity index is 1.77. The molecule has 2 amide bonds. The maximum atomic E-state index is 13.0. The second-order valence-electron chi connectivity index (χ2n) is 6.10. The van der Waals surface area contributed by atoms with Crippen LogP contribution in [0.25, 0.3) is 0 Å². The molecule has 8 heteroatoms. The Bertz CT molecular complexity index is 582. The van der Waals surface area contributed by atoms with E-state index in [1.807, 2.05) is 6.92 Å². The molecule has 24 heavy (non-hydrogen) atoms. The molecule has 132 valence electrons. The largest absolute Gasteiger partial charge is 0.378 e. The molecule has 0 aliphatic carbocycles. The number of carbonyl (C=O) groups excluding carboxylic acids is 2. The molecule has 1 atom stereocenters. The zero-order chi connectivity index (χ0) is 16.9. The Morgan fingerprint density at radius 2 is 2.12 bits per heavy atom. The van der Waals surface area contributed by atoms with Gasteiger partial charge in [-0.3, -0.25) is 14.3 Å². The maximum absolute atomic E-state index is 13.0. The third-order valence-electron chi connectivity index (χ3n) is 4.48. The molecule has 3 rings (SSSR count). The van der Waals surface area contributed by atoms with Crippen LogP contribution in [0.5, 0.6) is 0 Å². The summed E-state index contributed by atoms with van der Waals surface area (Å²) in [5.74, 6) is -0.116. The van der Waals surface area contributed by atoms with Crippen LogP contribution in [0.1, 0.15) is 23.8 Å². The van der Waals surface area contributed by atoms with E-state index in [4.69, 9.17) is 4.74 Å². The summed E-state index contributed by atoms with van der Waals surface area (Å²) in [5.41, 5.74) is 0.554. The minimum Gasteiger partial charge on any atom is -0.378 e. The van der Waals surface area contributed by atoms with Crippen LogP contribution in [-0.2, 0) is 16.1 Å². The van der Waals surface area contributed by atoms with E-state index in [-0.39, 0.29) is 11.8 Å². The van der Waals surface area contributed by atoms with Gasteiger partial charge < -0.3 is 19.9 Å². The normalized spacial score (nSPS) is 21.8. The summed E-state index contributed by atoms with van der Waals surface area (Å²) in [6.07, 6.45) is 2.55. The smallest absolute Gasteiger partial charge is 0.272 e. The fraction of sp³-hybridized carbons (Fsp3) is 0.688. The highest BCUT2D eigenvalue weighted by molar-refractivity contribution is 5.96. The van der Waals surface area contributed by atoms with Gasteiger partial charge in [0.05, 0.1) is 13.2 Å². The van der Waals surface area contributed by atoms with Crippen LogP contribution in [0.2, 0.25) is 0 Å². The van der Waals surface area contributed by atoms with Crippen molar-refractivity contribution in [2.24, 2.45) is 0 Å². The van der Waals surface area contributed by atoms with Crippen molar-refractivity contribution in [2.45, 2.75) is 25.9 Å². The SMILES string of the molecule is CCCn1nccc1C(=O)N1CCNC[C@@H]1C(=O)N1CCOCC1. The van der Waals surface area contributed by atoms with Crippen molar-refractivity contribution in [3.8, 4) is 0 Å². The number of nitrogens with zero attached hydrogens (tertiary/aromatic N) is 4. The lowest BCUT2D eigenvalue weighted by molar-refractivity contribution is -0.140. The van der Waals surface area contributed by atoms with Crippen LogP contribution in [0.4, 0.5) is 0 Å². The number of ether oxygens (including phenoxy) is 1. The van der Waals surface area contributed by atoms with Gasteiger partial charge >= 0.3 is 0 Å². The van der Waals surface area contributed by atoms with E-state index in [2.05, 4.69) is 10.4 Å². The Hall–Kier alpha value is -1.93. The Labute approximate surface area is 141 Å². The molecular formula is C16H25N5O3. The van der Waals surface area contributed by atoms with E-state index >= 15 is 0 Å². The van der Waals surface area contributed by atoms with E-state index in [1.54, 1.807) is 26.7 Å². The first kappa shape index (κ1) is 16.9. The van der Waals surface area contributed by atoms with Crippen molar-refractivity contribution in [3.05, 3.63) is 18.0 Å². The van der Waals surface area contributed by atoms with Gasteiger partial charge in [-0.1, -0.05) is 6.92 Å². The number of aryl methyl sites for hydroxylation is 1. The number of hydrogen-bond donors (Lipinski definition) is 1. The molecule has 0 unspecified atom stereocenters. The van der Waals surface area contributed by atoms with Crippen molar-refractivity contribution in [3.63, 3.8) is 0 Å². The predicted molar refractivity (Wildman–Crippen MR) is 87.6 cm³/mol. The van der Waals surface area contributed by atoms with Crippen LogP contribution in [0.3, 0.4) is 0 Å². The van der Waals surface area contributed by atoms with Crippen LogP contribution >= 0.6 is 0 Å². The van der Waals surface area contributed by atoms with E-state index in [0.29, 0.717) is 58.2 Å². The topological polar surface area (TPSA) is 79.7 Å². The number of piperazine rings is 1. The van der Waals surface area contributed by atoms with Crippen LogP contribution in [0.15, 0.2) is 12.3 Å². The fourth-order valence-electron chi connectivity index (χ4n) is 3.21. The first-order valence-electron chi connectivity index (χ1n) is 8.62. The van der Waals surface area contributed by atoms with Gasteiger partial charge in [-0.25, -0.2) is 0 Å². The number of hydrogen-bond acceptors (Lipinski definition) is 5. The summed E-state index contributed by atoms with van der Waals surface area (Å²) < 4.78 is 7.03. The first-order valence-corrected chi connectivity index (χ1v) is 8.62. The summed E-state index contributed by atoms with van der Waals surface area (Å²) in [6.45, 7) is 6.75. The molecular weight excluding hydrogens is 310 g/mol. The van der Waals surface area contributed by atoms with Crippen molar-refractivity contribution in [1.29, 1.82) is 0 Å². The molecule has 0 radical (unpaired) electrons. The lowest BCUT2D eigenvalue weighted by atomic mass is 10.1. The molecule has 0 spiro atoms. The van der Waals surface area contributed by atoms with E-state index in [0.717, 1.165) is 6.42 Å². The number of rotatable bonds is 4. The Morgan fingerprint density at radius 1 is 1.33 bits per heavy atom. The first-order chi connectivity index (χ1) is 11.7. The number of morpholine rings is 1. The average molecular weight is 335 g/mol. The van der Waals surface area contributed by atoms with Crippen LogP contribution in [0, 0.1) is 0 Å². The molecule has 0 aromatic carbocycles. The van der Waals surface area contributed by atoms with Crippen molar-refractivity contribution >= 4 is 11.8 Å². The lowest BCUT2D eigenvalue weighted by Crippen LogP contribution is -2.61. The molecule has 8 nitrogen and oxygen atoms in total. The summed E-state index contributed by atoms with van der Waals surface area (Å²) in [4.78, 5) is 29.3. The highest BCUT2D eigenvalue weighted by Gasteiger charge is 2.36. The highest BCUT2D eigenvalue weighted by Crippen LogP contribution is 2.14. The molecule has 2 aliphatic heterocycles. The molecule has 2 fully saturated rings. The zero-order valence-corrected chi connectivity index (χ0v) is 14.1. The fourth-order valence-corrected chi connectivity index (χ4v) is 3.21. The zero-order valence-electron chi connectivity index (χ0n) is 14.1. The van der Waals surface area contributed by atoms with Gasteiger partial charge in [0, 0.05) is 45.5 Å². The van der Waals surface area contributed by atoms with Crippen molar-refractivity contribution in [2.75, 3.05) is 45.9 Å². The van der Waals surface area contributed by atoms with Gasteiger partial charge in [0.2, 0.25) is 5.91 Å². The van der Waals surface area contributed by atoms with Gasteiger partial charge in [0.1, 0.15) is 11.7 Å². The van der Waals surface area contributed by atoms with Crippen molar-refractivity contribution < 1.29 is 14.3 Å². The standard InChI is InChI=1S/C16H25N5O3/c1-2-6-21-13(3-4-18-21)16(23)20-7-5-17-12-14(20)15(22)19-8-10-24-11-9-19/h3-4,14,17H,2,5-12H2,1H3/t14-/m1/s1. The third kappa shape index (κ3) is 3.44. The number of amides is 2. The summed E-state index contributed by atoms with van der Waals surface area (Å²) in [6, 6.07) is 1.27. The molecule has 0 saturated carbocycles. The summed E-state index contributed by atoms with van der Waals surface area (Å²) in [7, 11) is 0. The third-order valence-corrected chi connectivity index (χ3v) is 4.48. The quantitative estimate of drug-likeness (QED) is 0.807. The molecule has 2 saturated heterocycles. The van der Waals surface area contributed by atoms with Gasteiger partial charge in [-0.15, -0.1) is 0 Å². The Kier molecular flexibility index (Phi) is 5.47. The van der Waals surface area contributed by atoms with Gasteiger partial charge in [-0.05, 0) is 12.5 Å². The van der Waals surface area contributed by atoms with Gasteiger partial charge in [-0.2, -0.15) is 5.10 Å². The molecule has 1 aromatic rings. The molecule has 1 aromatic heterocycles. The van der Waals surface area contributed by atoms with E-state index < -0.39 is 6.04 Å². The Morgan fingerprint density at radius 3 is 2.88 bits per heavy atom. The summed E-state index contributed by atoms with van der Waals surface area (Å²) in [5, 5.41) is 7.45. The number of aromatic nitrogens is 2. The lowest BCUT2D eigenvalue weighted by Gasteiger charge is -2.39. The monoisotopic (exact) mass is 335 g/mol. The maximum Gasteiger partial charge on any atom is 0.272 e. The minimum atomic E-state index is -0.464. The van der Waals surface area contributed by atoms with Crippen molar-refractivity contribution in [1.82, 2.24) is 24.9 Å². The van der Waals surface area contributed by atoms with E-state index in [9.17, 15) is 9.59 Å². The second kappa shape index (κ2) is 7.76. The van der Waals surface area contributed by atoms with Crippen LogP contribution < -0.4 is 5.32 Å². The predicted octanol–water partition coefficient (Wildman–Crippen LogP) is -0.434. The van der Waals surface area contributed by atoms with Gasteiger partial charge in [0.25, 0.3) is 5.91 Å². The molecule has 1 N–H and O–H groups in total. The second-order valence-corrected chi connectivity index (χ2v) is 6.10.